The molecule has 1 aromatic heterocycles. The largest absolute Gasteiger partial charge is 0.493 e. The minimum Gasteiger partial charge on any atom is -0.493 e. The standard InChI is InChI=1S/C16H17ClN2O2S/c1-12-10-13(17)6-7-15(12)21-8-2-5-16(20)19-18-11-14-4-3-9-22-14/h3-4,6-7,9-11H,2,5,8H2,1H3,(H,19,20)/b18-11+. The van der Waals surface area contributed by atoms with E-state index in [2.05, 4.69) is 10.5 Å². The molecule has 1 N–H and O–H groups in total. The number of ether oxygens (including phenoxy) is 1. The van der Waals surface area contributed by atoms with Crippen molar-refractivity contribution >= 4 is 35.1 Å². The summed E-state index contributed by atoms with van der Waals surface area (Å²) >= 11 is 7.45. The molecule has 0 aliphatic rings. The zero-order valence-electron chi connectivity index (χ0n) is 12.2. The Morgan fingerprint density at radius 1 is 1.45 bits per heavy atom. The third-order valence-electron chi connectivity index (χ3n) is 2.87. The normalized spacial score (nSPS) is 10.8. The number of carbonyl (C=O) groups is 1. The number of hydrogen-bond acceptors (Lipinski definition) is 4. The quantitative estimate of drug-likeness (QED) is 0.471. The van der Waals surface area contributed by atoms with E-state index in [0.29, 0.717) is 24.5 Å². The summed E-state index contributed by atoms with van der Waals surface area (Å²) in [4.78, 5) is 12.6. The molecular weight excluding hydrogens is 320 g/mol. The highest BCUT2D eigenvalue weighted by atomic mass is 35.5. The van der Waals surface area contributed by atoms with Gasteiger partial charge in [0, 0.05) is 16.3 Å². The summed E-state index contributed by atoms with van der Waals surface area (Å²) in [5.74, 6) is 0.671. The van der Waals surface area contributed by atoms with Crippen LogP contribution in [0.1, 0.15) is 23.3 Å². The van der Waals surface area contributed by atoms with Crippen LogP contribution in [-0.4, -0.2) is 18.7 Å². The topological polar surface area (TPSA) is 50.7 Å². The van der Waals surface area contributed by atoms with E-state index < -0.39 is 0 Å². The number of hydrogen-bond donors (Lipinski definition) is 1. The van der Waals surface area contributed by atoms with E-state index >= 15 is 0 Å². The van der Waals surface area contributed by atoms with Gasteiger partial charge in [0.25, 0.3) is 0 Å². The fraction of sp³-hybridized carbons (Fsp3) is 0.250. The summed E-state index contributed by atoms with van der Waals surface area (Å²) in [5, 5.41) is 6.55. The molecule has 0 aliphatic heterocycles. The Hall–Kier alpha value is -1.85. The van der Waals surface area contributed by atoms with Gasteiger partial charge < -0.3 is 4.74 Å². The van der Waals surface area contributed by atoms with Gasteiger partial charge in [0.2, 0.25) is 5.91 Å². The second-order valence-corrected chi connectivity index (χ2v) is 6.09. The van der Waals surface area contributed by atoms with Crippen LogP contribution in [0.2, 0.25) is 5.02 Å². The molecule has 1 aromatic carbocycles. The van der Waals surface area contributed by atoms with Crippen molar-refractivity contribution in [1.82, 2.24) is 5.43 Å². The number of thiophene rings is 1. The summed E-state index contributed by atoms with van der Waals surface area (Å²) in [6.45, 7) is 2.41. The van der Waals surface area contributed by atoms with Gasteiger partial charge in [-0.25, -0.2) is 5.43 Å². The van der Waals surface area contributed by atoms with Gasteiger partial charge in [-0.05, 0) is 48.6 Å². The van der Waals surface area contributed by atoms with Crippen molar-refractivity contribution in [2.45, 2.75) is 19.8 Å². The number of aryl methyl sites for hydroxylation is 1. The van der Waals surface area contributed by atoms with E-state index in [9.17, 15) is 4.79 Å². The van der Waals surface area contributed by atoms with Gasteiger partial charge in [-0.1, -0.05) is 17.7 Å². The molecule has 0 radical (unpaired) electrons. The Labute approximate surface area is 138 Å². The summed E-state index contributed by atoms with van der Waals surface area (Å²) < 4.78 is 5.63. The van der Waals surface area contributed by atoms with Crippen LogP contribution in [0.15, 0.2) is 40.8 Å². The van der Waals surface area contributed by atoms with Crippen molar-refractivity contribution in [3.63, 3.8) is 0 Å². The van der Waals surface area contributed by atoms with Crippen molar-refractivity contribution in [3.05, 3.63) is 51.2 Å². The summed E-state index contributed by atoms with van der Waals surface area (Å²) in [6.07, 6.45) is 2.63. The van der Waals surface area contributed by atoms with Gasteiger partial charge in [0.1, 0.15) is 5.75 Å². The van der Waals surface area contributed by atoms with Crippen molar-refractivity contribution < 1.29 is 9.53 Å². The summed E-state index contributed by atoms with van der Waals surface area (Å²) in [6, 6.07) is 9.34. The molecule has 0 atom stereocenters. The van der Waals surface area contributed by atoms with Crippen molar-refractivity contribution in [1.29, 1.82) is 0 Å². The average molecular weight is 337 g/mol. The first-order valence-electron chi connectivity index (χ1n) is 6.89. The van der Waals surface area contributed by atoms with Gasteiger partial charge >= 0.3 is 0 Å². The van der Waals surface area contributed by atoms with Gasteiger partial charge in [-0.2, -0.15) is 5.10 Å². The first-order valence-corrected chi connectivity index (χ1v) is 8.15. The van der Waals surface area contributed by atoms with Gasteiger partial charge in [0.15, 0.2) is 0 Å². The van der Waals surface area contributed by atoms with E-state index in [0.717, 1.165) is 16.2 Å². The van der Waals surface area contributed by atoms with E-state index in [1.165, 1.54) is 0 Å². The molecule has 2 rings (SSSR count). The van der Waals surface area contributed by atoms with Crippen LogP contribution in [0.3, 0.4) is 0 Å². The Morgan fingerprint density at radius 2 is 2.32 bits per heavy atom. The van der Waals surface area contributed by atoms with Crippen LogP contribution in [0, 0.1) is 6.92 Å². The molecule has 4 nitrogen and oxygen atoms in total. The number of amides is 1. The number of rotatable bonds is 7. The average Bonchev–Trinajstić information content (AvgIpc) is 2.99. The molecule has 0 saturated carbocycles. The number of nitrogens with one attached hydrogen (secondary N) is 1. The molecule has 0 aliphatic carbocycles. The zero-order chi connectivity index (χ0) is 15.8. The number of hydrazone groups is 1. The minimum atomic E-state index is -0.121. The lowest BCUT2D eigenvalue weighted by molar-refractivity contribution is -0.121. The maximum atomic E-state index is 11.6. The fourth-order valence-electron chi connectivity index (χ4n) is 1.78. The predicted octanol–water partition coefficient (Wildman–Crippen LogP) is 4.02. The molecule has 0 unspecified atom stereocenters. The number of nitrogens with zero attached hydrogens (tertiary/aromatic N) is 1. The SMILES string of the molecule is Cc1cc(Cl)ccc1OCCCC(=O)N/N=C/c1cccs1. The van der Waals surface area contributed by atoms with Gasteiger partial charge in [0.05, 0.1) is 12.8 Å². The molecule has 0 saturated heterocycles. The molecule has 1 amide bonds. The van der Waals surface area contributed by atoms with E-state index in [1.807, 2.05) is 36.6 Å². The molecule has 6 heteroatoms. The third-order valence-corrected chi connectivity index (χ3v) is 3.91. The molecule has 0 fully saturated rings. The second kappa shape index (κ2) is 8.56. The molecule has 22 heavy (non-hydrogen) atoms. The van der Waals surface area contributed by atoms with Crippen LogP contribution < -0.4 is 10.2 Å². The first kappa shape index (κ1) is 16.5. The molecule has 1 heterocycles. The Bertz CT molecular complexity index is 642. The molecule has 0 spiro atoms. The Balaban J connectivity index is 1.64. The molecule has 116 valence electrons. The van der Waals surface area contributed by atoms with Gasteiger partial charge in [-0.15, -0.1) is 11.3 Å². The smallest absolute Gasteiger partial charge is 0.240 e. The maximum Gasteiger partial charge on any atom is 0.240 e. The van der Waals surface area contributed by atoms with Crippen LogP contribution in [0.25, 0.3) is 0 Å². The summed E-state index contributed by atoms with van der Waals surface area (Å²) in [5.41, 5.74) is 3.49. The highest BCUT2D eigenvalue weighted by Gasteiger charge is 2.02. The van der Waals surface area contributed by atoms with E-state index in [1.54, 1.807) is 23.6 Å². The lowest BCUT2D eigenvalue weighted by Crippen LogP contribution is -2.18. The number of halogens is 1. The van der Waals surface area contributed by atoms with E-state index in [4.69, 9.17) is 16.3 Å². The molecule has 2 aromatic rings. The Kier molecular flexibility index (Phi) is 6.43. The highest BCUT2D eigenvalue weighted by Crippen LogP contribution is 2.21. The molecule has 0 bridgehead atoms. The lowest BCUT2D eigenvalue weighted by atomic mass is 10.2. The first-order chi connectivity index (χ1) is 10.6. The van der Waals surface area contributed by atoms with Crippen LogP contribution >= 0.6 is 22.9 Å². The van der Waals surface area contributed by atoms with E-state index in [-0.39, 0.29) is 5.91 Å². The van der Waals surface area contributed by atoms with Crippen molar-refractivity contribution in [2.24, 2.45) is 5.10 Å². The number of benzene rings is 1. The summed E-state index contributed by atoms with van der Waals surface area (Å²) in [7, 11) is 0. The second-order valence-electron chi connectivity index (χ2n) is 4.67. The lowest BCUT2D eigenvalue weighted by Gasteiger charge is -2.08. The van der Waals surface area contributed by atoms with Crippen molar-refractivity contribution in [3.8, 4) is 5.75 Å². The zero-order valence-corrected chi connectivity index (χ0v) is 13.8. The predicted molar refractivity (Wildman–Crippen MR) is 91.0 cm³/mol. The maximum absolute atomic E-state index is 11.6. The van der Waals surface area contributed by atoms with Crippen LogP contribution in [0.4, 0.5) is 0 Å². The Morgan fingerprint density at radius 3 is 3.05 bits per heavy atom. The van der Waals surface area contributed by atoms with Crippen molar-refractivity contribution in [2.75, 3.05) is 6.61 Å². The highest BCUT2D eigenvalue weighted by molar-refractivity contribution is 7.11. The fourth-order valence-corrected chi connectivity index (χ4v) is 2.59. The van der Waals surface area contributed by atoms with Crippen LogP contribution in [0.5, 0.6) is 5.75 Å². The minimum absolute atomic E-state index is 0.121. The van der Waals surface area contributed by atoms with Gasteiger partial charge in [-0.3, -0.25) is 4.79 Å². The monoisotopic (exact) mass is 336 g/mol. The number of carbonyl (C=O) groups excluding carboxylic acids is 1. The third kappa shape index (κ3) is 5.50. The molecular formula is C16H17ClN2O2S. The van der Waals surface area contributed by atoms with Crippen LogP contribution in [-0.2, 0) is 4.79 Å².